The zero-order valence-corrected chi connectivity index (χ0v) is 11.0. The zero-order valence-electron chi connectivity index (χ0n) is 7.40. The van der Waals surface area contributed by atoms with Crippen molar-refractivity contribution in [3.8, 4) is 5.69 Å². The van der Waals surface area contributed by atoms with Crippen molar-refractivity contribution in [1.82, 2.24) is 9.78 Å². The third-order valence-electron chi connectivity index (χ3n) is 1.72. The second-order valence-corrected chi connectivity index (χ2v) is 4.55. The molecule has 0 saturated heterocycles. The molecule has 2 aromatic rings. The summed E-state index contributed by atoms with van der Waals surface area (Å²) in [5, 5.41) is 3.99. The van der Waals surface area contributed by atoms with Gasteiger partial charge in [0.05, 0.1) is 5.69 Å². The molecule has 0 aliphatic rings. The highest BCUT2D eigenvalue weighted by Crippen LogP contribution is 2.11. The van der Waals surface area contributed by atoms with E-state index >= 15 is 0 Å². The van der Waals surface area contributed by atoms with Crippen LogP contribution >= 0.6 is 15.9 Å². The Hall–Kier alpha value is -0.828. The molecule has 0 saturated carbocycles. The van der Waals surface area contributed by atoms with Gasteiger partial charge in [-0.3, -0.25) is 0 Å². The first-order valence-corrected chi connectivity index (χ1v) is 5.79. The molecule has 70 valence electrons. The van der Waals surface area contributed by atoms with Gasteiger partial charge in [0.1, 0.15) is 4.75 Å². The number of nitrogens with zero attached hydrogens (tertiary/aromatic N) is 2. The van der Waals surface area contributed by atoms with Crippen LogP contribution in [0.1, 0.15) is 0 Å². The lowest BCUT2D eigenvalue weighted by Gasteiger charge is -1.97. The summed E-state index contributed by atoms with van der Waals surface area (Å²) < 4.78 is 7.56. The molecule has 0 aliphatic carbocycles. The van der Waals surface area contributed by atoms with Crippen LogP contribution in [0.4, 0.5) is 0 Å². The molecule has 2 rings (SSSR count). The van der Waals surface area contributed by atoms with Crippen LogP contribution in [0.3, 0.4) is 0 Å². The smallest absolute Gasteiger partial charge is 0.413 e. The quantitative estimate of drug-likeness (QED) is 0.676. The summed E-state index contributed by atoms with van der Waals surface area (Å²) in [6.45, 7) is 0. The molecular formula is C8H6AlBrN2O2. The van der Waals surface area contributed by atoms with Crippen LogP contribution in [-0.4, -0.2) is 26.1 Å². The summed E-state index contributed by atoms with van der Waals surface area (Å²) in [6.07, 6.45) is 0. The van der Waals surface area contributed by atoms with Crippen molar-refractivity contribution in [2.24, 2.45) is 0 Å². The molecule has 6 heteroatoms. The fourth-order valence-electron chi connectivity index (χ4n) is 1.12. The Bertz CT molecular complexity index is 503. The van der Waals surface area contributed by atoms with Crippen LogP contribution in [-0.2, 0) is 0 Å². The maximum Gasteiger partial charge on any atom is 0.440 e. The first-order valence-electron chi connectivity index (χ1n) is 3.99. The molecule has 1 heterocycles. The van der Waals surface area contributed by atoms with Gasteiger partial charge in [-0.2, -0.15) is 9.78 Å². The standard InChI is InChI=1S/C8H4BrN2O2.Al.2H/c9-6-1-3-7(4-2-6)11-8(12)13-5-10-11;;;/h1-4H;;;. The monoisotopic (exact) mass is 268 g/mol. The molecule has 0 aliphatic heterocycles. The highest BCUT2D eigenvalue weighted by Gasteiger charge is 2.05. The Kier molecular flexibility index (Phi) is 2.59. The summed E-state index contributed by atoms with van der Waals surface area (Å²) in [5.41, 5.74) is 0.712. The molecule has 0 bridgehead atoms. The third-order valence-corrected chi connectivity index (χ3v) is 2.65. The molecule has 0 unspecified atom stereocenters. The highest BCUT2D eigenvalue weighted by molar-refractivity contribution is 9.10. The van der Waals surface area contributed by atoms with Crippen LogP contribution in [0.15, 0.2) is 37.9 Å². The topological polar surface area (TPSA) is 48.0 Å². The number of benzene rings is 1. The lowest BCUT2D eigenvalue weighted by molar-refractivity contribution is 0.530. The van der Waals surface area contributed by atoms with E-state index in [2.05, 4.69) is 21.0 Å². The van der Waals surface area contributed by atoms with E-state index in [0.29, 0.717) is 26.7 Å². The van der Waals surface area contributed by atoms with E-state index in [1.165, 1.54) is 4.68 Å². The molecule has 1 aromatic heterocycles. The van der Waals surface area contributed by atoms with Crippen molar-refractivity contribution in [3.63, 3.8) is 0 Å². The third kappa shape index (κ3) is 1.82. The molecule has 1 aromatic carbocycles. The van der Waals surface area contributed by atoms with Gasteiger partial charge in [-0.25, -0.2) is 4.79 Å². The highest BCUT2D eigenvalue weighted by atomic mass is 79.9. The Labute approximate surface area is 96.1 Å². The lowest BCUT2D eigenvalue weighted by Crippen LogP contribution is -2.13. The maximum atomic E-state index is 11.3. The molecule has 0 amide bonds. The predicted molar refractivity (Wildman–Crippen MR) is 58.0 cm³/mol. The average Bonchev–Trinajstić information content (AvgIpc) is 2.47. The van der Waals surface area contributed by atoms with E-state index < -0.39 is 5.76 Å². The van der Waals surface area contributed by atoms with Crippen LogP contribution in [0.5, 0.6) is 0 Å². The van der Waals surface area contributed by atoms with E-state index in [-0.39, 0.29) is 0 Å². The molecule has 4 nitrogen and oxygen atoms in total. The SMILES string of the molecule is O=c1o[c]([AlH2])nn1-c1ccc(Br)cc1. The van der Waals surface area contributed by atoms with Crippen molar-refractivity contribution in [3.05, 3.63) is 39.3 Å². The van der Waals surface area contributed by atoms with Gasteiger partial charge in [-0.1, -0.05) is 15.9 Å². The van der Waals surface area contributed by atoms with E-state index in [9.17, 15) is 4.79 Å². The summed E-state index contributed by atoms with van der Waals surface area (Å²) in [4.78, 5) is 11.3. The van der Waals surface area contributed by atoms with Crippen LogP contribution in [0.25, 0.3) is 5.69 Å². The van der Waals surface area contributed by atoms with Gasteiger partial charge in [0.15, 0.2) is 0 Å². The summed E-state index contributed by atoms with van der Waals surface area (Å²) >= 11 is 3.95. The Morgan fingerprint density at radius 2 is 2.00 bits per heavy atom. The van der Waals surface area contributed by atoms with Gasteiger partial charge in [-0.15, -0.1) is 0 Å². The van der Waals surface area contributed by atoms with Crippen LogP contribution in [0.2, 0.25) is 0 Å². The number of hydrogen-bond donors (Lipinski definition) is 0. The fraction of sp³-hybridized carbons (Fsp3) is 0. The van der Waals surface area contributed by atoms with Crippen LogP contribution < -0.4 is 10.5 Å². The number of halogens is 1. The normalized spacial score (nSPS) is 10.4. The summed E-state index contributed by atoms with van der Waals surface area (Å²) in [6, 6.07) is 7.30. The maximum absolute atomic E-state index is 11.3. The van der Waals surface area contributed by atoms with Gasteiger partial charge in [-0.05, 0) is 24.3 Å². The van der Waals surface area contributed by atoms with E-state index in [1.54, 1.807) is 12.1 Å². The van der Waals surface area contributed by atoms with Gasteiger partial charge >= 0.3 is 22.0 Å². The van der Waals surface area contributed by atoms with Crippen molar-refractivity contribution in [1.29, 1.82) is 0 Å². The first-order chi connectivity index (χ1) is 6.66. The lowest BCUT2D eigenvalue weighted by atomic mass is 10.3. The minimum absolute atomic E-state index is 0.433. The second kappa shape index (κ2) is 3.73. The van der Waals surface area contributed by atoms with Gasteiger partial charge < -0.3 is 4.42 Å². The Morgan fingerprint density at radius 3 is 2.50 bits per heavy atom. The second-order valence-electron chi connectivity index (χ2n) is 2.78. The minimum atomic E-state index is -0.433. The molecule has 0 fully saturated rings. The Balaban J connectivity index is 2.54. The van der Waals surface area contributed by atoms with Gasteiger partial charge in [0.25, 0.3) is 0 Å². The number of hydrogen-bond acceptors (Lipinski definition) is 3. The van der Waals surface area contributed by atoms with Crippen molar-refractivity contribution in [2.75, 3.05) is 0 Å². The minimum Gasteiger partial charge on any atom is -0.413 e. The fourth-order valence-corrected chi connectivity index (χ4v) is 1.76. The van der Waals surface area contributed by atoms with Crippen LogP contribution in [0, 0.1) is 0 Å². The molecule has 0 radical (unpaired) electrons. The largest absolute Gasteiger partial charge is 0.440 e. The molecule has 0 spiro atoms. The summed E-state index contributed by atoms with van der Waals surface area (Å²) in [7, 11) is 0. The van der Waals surface area contributed by atoms with Crippen molar-refractivity contribution in [2.45, 2.75) is 0 Å². The van der Waals surface area contributed by atoms with E-state index in [1.807, 2.05) is 12.1 Å². The van der Waals surface area contributed by atoms with E-state index in [4.69, 9.17) is 4.42 Å². The number of aromatic nitrogens is 2. The molecule has 14 heavy (non-hydrogen) atoms. The van der Waals surface area contributed by atoms with Gasteiger partial charge in [0, 0.05) is 4.47 Å². The Morgan fingerprint density at radius 1 is 1.36 bits per heavy atom. The van der Waals surface area contributed by atoms with Crippen molar-refractivity contribution < 1.29 is 4.42 Å². The first kappa shape index (κ1) is 9.72. The van der Waals surface area contributed by atoms with Crippen molar-refractivity contribution >= 4 is 37.0 Å². The molecular weight excluding hydrogens is 263 g/mol. The molecule has 0 N–H and O–H groups in total. The molecule has 0 atom stereocenters. The predicted octanol–water partition coefficient (Wildman–Crippen LogP) is -0.154. The number of rotatable bonds is 1. The average molecular weight is 269 g/mol. The van der Waals surface area contributed by atoms with Gasteiger partial charge in [0.2, 0.25) is 0 Å². The summed E-state index contributed by atoms with van der Waals surface area (Å²) in [5.74, 6) is -0.433. The van der Waals surface area contributed by atoms with E-state index in [0.717, 1.165) is 4.47 Å². The zero-order chi connectivity index (χ0) is 10.1.